The largest absolute Gasteiger partial charge is 0.460 e. The van der Waals surface area contributed by atoms with Gasteiger partial charge in [0, 0.05) is 12.8 Å². The molecule has 0 aliphatic heterocycles. The maximum Gasteiger partial charge on any atom is 0.460 e. The van der Waals surface area contributed by atoms with E-state index >= 15 is 0 Å². The molecule has 0 aliphatic rings. The first-order chi connectivity index (χ1) is 33.2. The van der Waals surface area contributed by atoms with Gasteiger partial charge >= 0.3 is 143 Å². The zero-order valence-electron chi connectivity index (χ0n) is 34.1. The van der Waals surface area contributed by atoms with Gasteiger partial charge in [0.1, 0.15) is 0 Å². The van der Waals surface area contributed by atoms with Crippen LogP contribution in [-0.2, 0) is 4.74 Å². The molecule has 0 bridgehead atoms. The van der Waals surface area contributed by atoms with Crippen LogP contribution in [0.3, 0.4) is 0 Å². The average Bonchev–Trinajstić information content (AvgIpc) is 3.20. The molecule has 51 heteroatoms. The monoisotopic (exact) mass is 1310 g/mol. The third-order valence-corrected chi connectivity index (χ3v) is 9.85. The van der Waals surface area contributed by atoms with E-state index < -0.39 is 169 Å². The Kier molecular flexibility index (Phi) is 18.1. The number of ether oxygens (including phenoxy) is 1. The topological polar surface area (TPSA) is 9.23 Å². The normalized spacial score (nSPS) is 17.2. The van der Waals surface area contributed by atoms with E-state index in [4.69, 9.17) is 0 Å². The number of halogens is 50. The van der Waals surface area contributed by atoms with Crippen molar-refractivity contribution in [1.82, 2.24) is 0 Å². The van der Waals surface area contributed by atoms with E-state index in [1.165, 1.54) is 0 Å². The molecule has 0 amide bonds. The van der Waals surface area contributed by atoms with Crippen LogP contribution in [0.25, 0.3) is 0 Å². The molecule has 0 aliphatic carbocycles. The average molecular weight is 1310 g/mol. The molecule has 0 radical (unpaired) electrons. The van der Waals surface area contributed by atoms with Gasteiger partial charge < -0.3 is 4.74 Å². The fourth-order valence-electron chi connectivity index (χ4n) is 4.79. The highest BCUT2D eigenvalue weighted by Gasteiger charge is 3.02. The zero-order chi connectivity index (χ0) is 65.5. The lowest BCUT2D eigenvalue weighted by atomic mass is 9.84. The first-order valence-corrected chi connectivity index (χ1v) is 17.2. The second-order valence-electron chi connectivity index (χ2n) is 15.0. The maximum absolute atomic E-state index is 14.1. The Morgan fingerprint density at radius 2 is 0.241 bits per heavy atom. The molecule has 0 aromatic carbocycles. The van der Waals surface area contributed by atoms with Crippen molar-refractivity contribution < 1.29 is 224 Å². The minimum atomic E-state index is -10.1. The summed E-state index contributed by atoms with van der Waals surface area (Å²) in [7, 11) is 0. The smallest absolute Gasteiger partial charge is 0.381 e. The van der Waals surface area contributed by atoms with Crippen LogP contribution >= 0.6 is 0 Å². The lowest BCUT2D eigenvalue weighted by Gasteiger charge is -2.45. The molecule has 0 heterocycles. The van der Waals surface area contributed by atoms with Gasteiger partial charge in [0.25, 0.3) is 0 Å². The summed E-state index contributed by atoms with van der Waals surface area (Å²) in [6, 6.07) is 0. The summed E-state index contributed by atoms with van der Waals surface area (Å²) in [5.41, 5.74) is 0. The Hall–Kier alpha value is -3.54. The Labute approximate surface area is 394 Å². The molecule has 476 valence electrons. The lowest BCUT2D eigenvalue weighted by Crippen LogP contribution is -2.78. The number of hydrogen-bond acceptors (Lipinski definition) is 1. The first-order valence-electron chi connectivity index (χ1n) is 17.2. The van der Waals surface area contributed by atoms with E-state index in [0.717, 1.165) is 0 Å². The van der Waals surface area contributed by atoms with Crippen molar-refractivity contribution in [2.75, 3.05) is 13.2 Å². The summed E-state index contributed by atoms with van der Waals surface area (Å²) in [4.78, 5) is 0. The number of alkyl halides is 50. The third-order valence-electron chi connectivity index (χ3n) is 9.85. The quantitative estimate of drug-likeness (QED) is 0.0620. The highest BCUT2D eigenvalue weighted by Crippen LogP contribution is 2.71. The van der Waals surface area contributed by atoms with Gasteiger partial charge in [0.15, 0.2) is 0 Å². The molecule has 0 fully saturated rings. The van der Waals surface area contributed by atoms with Crippen LogP contribution in [0.4, 0.5) is 220 Å². The van der Waals surface area contributed by atoms with Crippen molar-refractivity contribution in [2.45, 2.75) is 155 Å². The predicted octanol–water partition coefficient (Wildman–Crippen LogP) is 16.9. The van der Waals surface area contributed by atoms with E-state index in [9.17, 15) is 220 Å². The van der Waals surface area contributed by atoms with Crippen molar-refractivity contribution in [2.24, 2.45) is 0 Å². The van der Waals surface area contributed by atoms with Crippen LogP contribution in [0.1, 0.15) is 12.8 Å². The SMILES string of the molecule is FC(F)(F)C(F)(F)C(F)(F)C(F)(F)C(F)(F)C(F)(F)C(F)(F)C(F)(F)C(F)(F)C(F)(F)C(F)(F)C(F)(F)CCOCCC(F)(F)C(F)(F)C(F)(F)C(F)(F)C(F)(F)C(F)(F)C(F)(F)C(F)(F)C(F)(F)C(F)(F)C(F)(F)C(F)(F)F. The van der Waals surface area contributed by atoms with Gasteiger partial charge in [-0.3, -0.25) is 0 Å². The van der Waals surface area contributed by atoms with Gasteiger partial charge in [-0.05, 0) is 0 Å². The highest BCUT2D eigenvalue weighted by atomic mass is 19.5. The minimum absolute atomic E-state index is 3.00. The Balaban J connectivity index is 7.01. The molecular weight excluding hydrogens is 1300 g/mol. The van der Waals surface area contributed by atoms with Gasteiger partial charge in [-0.1, -0.05) is 0 Å². The van der Waals surface area contributed by atoms with E-state index in [0.29, 0.717) is 0 Å². The molecule has 0 aromatic heterocycles. The van der Waals surface area contributed by atoms with Gasteiger partial charge in [-0.25, -0.2) is 0 Å². The van der Waals surface area contributed by atoms with Gasteiger partial charge in [-0.2, -0.15) is 220 Å². The number of rotatable bonds is 26. The zero-order valence-corrected chi connectivity index (χ0v) is 34.1. The standard InChI is InChI=1S/C28H8F50O/c29-5(30,7(33,34)9(37,38)11(41,42)13(45,46)15(49,50)17(53,54)19(57,58)21(61,62)23(65,66)25(69,70)27(73,74)75)1-3-79-4-2-6(31,32)8(35,36)10(39,40)12(43,44)14(47,48)16(51,52)18(55,56)20(59,60)22(63,64)24(67,68)26(71,72)28(76,77)78/h1-4H2. The first kappa shape index (κ1) is 75.5. The van der Waals surface area contributed by atoms with Crippen molar-refractivity contribution >= 4 is 0 Å². The van der Waals surface area contributed by atoms with Crippen molar-refractivity contribution in [3.8, 4) is 0 Å². The van der Waals surface area contributed by atoms with Crippen LogP contribution in [0.2, 0.25) is 0 Å². The van der Waals surface area contributed by atoms with Crippen molar-refractivity contribution in [3.63, 3.8) is 0 Å². The molecule has 0 N–H and O–H groups in total. The molecule has 0 atom stereocenters. The fraction of sp³-hybridized carbons (Fsp3) is 1.00. The van der Waals surface area contributed by atoms with E-state index in [1.54, 1.807) is 0 Å². The minimum Gasteiger partial charge on any atom is -0.381 e. The Morgan fingerprint density at radius 3 is 0.354 bits per heavy atom. The van der Waals surface area contributed by atoms with Crippen LogP contribution in [-0.4, -0.2) is 156 Å². The van der Waals surface area contributed by atoms with Crippen LogP contribution in [0.15, 0.2) is 0 Å². The van der Waals surface area contributed by atoms with Crippen LogP contribution in [0, 0.1) is 0 Å². The summed E-state index contributed by atoms with van der Waals surface area (Å²) in [5, 5.41) is 0. The molecular formula is C28H8F50O. The summed E-state index contributed by atoms with van der Waals surface area (Å²) in [6.45, 7) is -6.79. The molecule has 0 unspecified atom stereocenters. The Morgan fingerprint density at radius 1 is 0.139 bits per heavy atom. The van der Waals surface area contributed by atoms with Crippen molar-refractivity contribution in [1.29, 1.82) is 0 Å². The maximum atomic E-state index is 14.1. The van der Waals surface area contributed by atoms with Gasteiger partial charge in [-0.15, -0.1) is 0 Å². The summed E-state index contributed by atoms with van der Waals surface area (Å²) >= 11 is 0. The van der Waals surface area contributed by atoms with E-state index in [1.807, 2.05) is 0 Å². The third kappa shape index (κ3) is 9.35. The van der Waals surface area contributed by atoms with Crippen molar-refractivity contribution in [3.05, 3.63) is 0 Å². The van der Waals surface area contributed by atoms with Crippen LogP contribution < -0.4 is 0 Å². The summed E-state index contributed by atoms with van der Waals surface area (Å²) in [6.07, 6.45) is -25.2. The molecule has 0 saturated carbocycles. The van der Waals surface area contributed by atoms with Gasteiger partial charge in [0.2, 0.25) is 0 Å². The molecule has 0 rings (SSSR count). The second kappa shape index (κ2) is 19.0. The highest BCUT2D eigenvalue weighted by molar-refractivity contribution is 5.22. The molecule has 0 spiro atoms. The predicted molar refractivity (Wildman–Crippen MR) is 141 cm³/mol. The fourth-order valence-corrected chi connectivity index (χ4v) is 4.79. The number of hydrogen-bond donors (Lipinski definition) is 0. The molecule has 0 aromatic rings. The second-order valence-corrected chi connectivity index (χ2v) is 15.0. The molecule has 1 nitrogen and oxygen atoms in total. The lowest BCUT2D eigenvalue weighted by molar-refractivity contribution is -0.482. The summed E-state index contributed by atoms with van der Waals surface area (Å²) in [5.74, 6) is -209. The molecule has 0 saturated heterocycles. The van der Waals surface area contributed by atoms with Gasteiger partial charge in [0.05, 0.1) is 13.2 Å². The van der Waals surface area contributed by atoms with E-state index in [2.05, 4.69) is 4.74 Å². The summed E-state index contributed by atoms with van der Waals surface area (Å²) < 4.78 is 681. The Bertz CT molecular complexity index is 1980. The van der Waals surface area contributed by atoms with Crippen LogP contribution in [0.5, 0.6) is 0 Å². The molecule has 79 heavy (non-hydrogen) atoms. The van der Waals surface area contributed by atoms with E-state index in [-0.39, 0.29) is 0 Å².